The lowest BCUT2D eigenvalue weighted by molar-refractivity contribution is -0.117. The molecule has 0 bridgehead atoms. The van der Waals surface area contributed by atoms with Gasteiger partial charge in [0.25, 0.3) is 0 Å². The third kappa shape index (κ3) is 11.4. The maximum absolute atomic E-state index is 11.1. The molecule has 0 radical (unpaired) electrons. The highest BCUT2D eigenvalue weighted by Crippen LogP contribution is 2.04. The number of nitrogens with one attached hydrogen (secondary N) is 1. The van der Waals surface area contributed by atoms with Crippen molar-refractivity contribution in [2.45, 2.75) is 52.4 Å². The zero-order chi connectivity index (χ0) is 12.9. The predicted octanol–water partition coefficient (Wildman–Crippen LogP) is 3.06. The van der Waals surface area contributed by atoms with E-state index in [0.29, 0.717) is 18.7 Å². The molecular formula is C14H27NO2. The van der Waals surface area contributed by atoms with E-state index in [0.717, 1.165) is 13.0 Å². The van der Waals surface area contributed by atoms with Crippen LogP contribution in [0.3, 0.4) is 0 Å². The smallest absolute Gasteiger partial charge is 0.246 e. The lowest BCUT2D eigenvalue weighted by Crippen LogP contribution is -2.27. The van der Waals surface area contributed by atoms with Crippen LogP contribution in [0, 0.1) is 0 Å². The molecule has 3 nitrogen and oxygen atoms in total. The van der Waals surface area contributed by atoms with Gasteiger partial charge < -0.3 is 10.1 Å². The second kappa shape index (κ2) is 11.6. The Bertz CT molecular complexity index is 214. The second-order valence-electron chi connectivity index (χ2n) is 4.42. The van der Waals surface area contributed by atoms with Gasteiger partial charge in [0.05, 0.1) is 6.61 Å². The molecule has 1 amide bonds. The summed E-state index contributed by atoms with van der Waals surface area (Å²) in [5, 5.41) is 2.74. The minimum atomic E-state index is -0.0897. The number of hydrogen-bond acceptors (Lipinski definition) is 2. The van der Waals surface area contributed by atoms with E-state index in [9.17, 15) is 4.79 Å². The molecule has 0 spiro atoms. The van der Waals surface area contributed by atoms with Gasteiger partial charge in [0, 0.05) is 18.7 Å². The standard InChI is InChI=1S/C14H27NO2/c1-4-5-6-7-8-9-11-17-12-10-15-14(16)13(2)3/h2,4-12H2,1,3H3,(H,15,16). The van der Waals surface area contributed by atoms with E-state index in [2.05, 4.69) is 18.8 Å². The van der Waals surface area contributed by atoms with Crippen LogP contribution in [0.2, 0.25) is 0 Å². The number of carbonyl (C=O) groups is 1. The van der Waals surface area contributed by atoms with E-state index in [1.165, 1.54) is 32.1 Å². The molecule has 0 atom stereocenters. The molecule has 0 aliphatic rings. The van der Waals surface area contributed by atoms with Gasteiger partial charge in [0.1, 0.15) is 0 Å². The van der Waals surface area contributed by atoms with Gasteiger partial charge in [-0.2, -0.15) is 0 Å². The molecule has 3 heteroatoms. The Balaban J connectivity index is 3.08. The number of ether oxygens (including phenoxy) is 1. The molecule has 0 unspecified atom stereocenters. The third-order valence-corrected chi connectivity index (χ3v) is 2.56. The van der Waals surface area contributed by atoms with Crippen molar-refractivity contribution in [2.75, 3.05) is 19.8 Å². The number of hydrogen-bond donors (Lipinski definition) is 1. The van der Waals surface area contributed by atoms with Crippen LogP contribution < -0.4 is 5.32 Å². The molecule has 0 saturated carbocycles. The number of unbranched alkanes of at least 4 members (excludes halogenated alkanes) is 5. The fourth-order valence-electron chi connectivity index (χ4n) is 1.47. The second-order valence-corrected chi connectivity index (χ2v) is 4.42. The predicted molar refractivity (Wildman–Crippen MR) is 72.0 cm³/mol. The Labute approximate surface area is 106 Å². The van der Waals surface area contributed by atoms with Gasteiger partial charge in [0.15, 0.2) is 0 Å². The molecule has 100 valence electrons. The molecule has 0 fully saturated rings. The number of rotatable bonds is 11. The molecule has 0 aromatic heterocycles. The minimum Gasteiger partial charge on any atom is -0.380 e. The summed E-state index contributed by atoms with van der Waals surface area (Å²) in [5.74, 6) is -0.0897. The fraction of sp³-hybridized carbons (Fsp3) is 0.786. The van der Waals surface area contributed by atoms with E-state index in [1.54, 1.807) is 6.92 Å². The van der Waals surface area contributed by atoms with Gasteiger partial charge in [0.2, 0.25) is 5.91 Å². The van der Waals surface area contributed by atoms with E-state index in [1.807, 2.05) is 0 Å². The summed E-state index contributed by atoms with van der Waals surface area (Å²) in [5.41, 5.74) is 0.543. The highest BCUT2D eigenvalue weighted by molar-refractivity contribution is 5.91. The lowest BCUT2D eigenvalue weighted by Gasteiger charge is -2.06. The van der Waals surface area contributed by atoms with Gasteiger partial charge >= 0.3 is 0 Å². The maximum Gasteiger partial charge on any atom is 0.246 e. The molecule has 0 heterocycles. The first-order valence-electron chi connectivity index (χ1n) is 6.70. The van der Waals surface area contributed by atoms with E-state index >= 15 is 0 Å². The summed E-state index contributed by atoms with van der Waals surface area (Å²) in [6.45, 7) is 9.45. The van der Waals surface area contributed by atoms with Crippen LogP contribution in [-0.2, 0) is 9.53 Å². The zero-order valence-electron chi connectivity index (χ0n) is 11.4. The summed E-state index contributed by atoms with van der Waals surface area (Å²) in [7, 11) is 0. The van der Waals surface area contributed by atoms with Crippen molar-refractivity contribution in [1.82, 2.24) is 5.32 Å². The summed E-state index contributed by atoms with van der Waals surface area (Å²) in [4.78, 5) is 11.1. The average molecular weight is 241 g/mol. The Kier molecular flexibility index (Phi) is 11.1. The fourth-order valence-corrected chi connectivity index (χ4v) is 1.47. The molecule has 0 aromatic carbocycles. The monoisotopic (exact) mass is 241 g/mol. The molecule has 0 aromatic rings. The first-order chi connectivity index (χ1) is 8.18. The molecule has 0 aliphatic carbocycles. The summed E-state index contributed by atoms with van der Waals surface area (Å²) in [6, 6.07) is 0. The van der Waals surface area contributed by atoms with Crippen LogP contribution in [0.15, 0.2) is 12.2 Å². The van der Waals surface area contributed by atoms with E-state index < -0.39 is 0 Å². The van der Waals surface area contributed by atoms with Crippen LogP contribution in [0.5, 0.6) is 0 Å². The van der Waals surface area contributed by atoms with Crippen molar-refractivity contribution in [3.05, 3.63) is 12.2 Å². The SMILES string of the molecule is C=C(C)C(=O)NCCOCCCCCCCC. The summed E-state index contributed by atoms with van der Waals surface area (Å²) in [6.07, 6.45) is 7.65. The maximum atomic E-state index is 11.1. The number of carbonyl (C=O) groups excluding carboxylic acids is 1. The van der Waals surface area contributed by atoms with Gasteiger partial charge in [-0.25, -0.2) is 0 Å². The topological polar surface area (TPSA) is 38.3 Å². The van der Waals surface area contributed by atoms with Gasteiger partial charge in [-0.15, -0.1) is 0 Å². The Morgan fingerprint density at radius 3 is 2.41 bits per heavy atom. The van der Waals surface area contributed by atoms with Gasteiger partial charge in [-0.05, 0) is 13.3 Å². The quantitative estimate of drug-likeness (QED) is 0.446. The average Bonchev–Trinajstić information content (AvgIpc) is 2.31. The van der Waals surface area contributed by atoms with E-state index in [4.69, 9.17) is 4.74 Å². The van der Waals surface area contributed by atoms with Crippen LogP contribution in [0.4, 0.5) is 0 Å². The van der Waals surface area contributed by atoms with Crippen molar-refractivity contribution < 1.29 is 9.53 Å². The Morgan fingerprint density at radius 1 is 1.12 bits per heavy atom. The van der Waals surface area contributed by atoms with Crippen LogP contribution in [0.25, 0.3) is 0 Å². The minimum absolute atomic E-state index is 0.0897. The van der Waals surface area contributed by atoms with Crippen LogP contribution in [0.1, 0.15) is 52.4 Å². The summed E-state index contributed by atoms with van der Waals surface area (Å²) >= 11 is 0. The van der Waals surface area contributed by atoms with Crippen molar-refractivity contribution >= 4 is 5.91 Å². The van der Waals surface area contributed by atoms with Crippen molar-refractivity contribution in [1.29, 1.82) is 0 Å². The van der Waals surface area contributed by atoms with Crippen molar-refractivity contribution in [3.8, 4) is 0 Å². The van der Waals surface area contributed by atoms with Crippen LogP contribution in [-0.4, -0.2) is 25.7 Å². The van der Waals surface area contributed by atoms with Gasteiger partial charge in [-0.1, -0.05) is 45.6 Å². The highest BCUT2D eigenvalue weighted by Gasteiger charge is 1.99. The van der Waals surface area contributed by atoms with Crippen LogP contribution >= 0.6 is 0 Å². The summed E-state index contributed by atoms with van der Waals surface area (Å²) < 4.78 is 5.43. The van der Waals surface area contributed by atoms with Gasteiger partial charge in [-0.3, -0.25) is 4.79 Å². The Morgan fingerprint density at radius 2 is 1.76 bits per heavy atom. The van der Waals surface area contributed by atoms with Crippen molar-refractivity contribution in [3.63, 3.8) is 0 Å². The van der Waals surface area contributed by atoms with Crippen molar-refractivity contribution in [2.24, 2.45) is 0 Å². The highest BCUT2D eigenvalue weighted by atomic mass is 16.5. The first-order valence-corrected chi connectivity index (χ1v) is 6.70. The molecule has 0 rings (SSSR count). The third-order valence-electron chi connectivity index (χ3n) is 2.56. The van der Waals surface area contributed by atoms with E-state index in [-0.39, 0.29) is 5.91 Å². The number of amides is 1. The molecule has 0 aliphatic heterocycles. The molecule has 17 heavy (non-hydrogen) atoms. The molecular weight excluding hydrogens is 214 g/mol. The Hall–Kier alpha value is -0.830. The first kappa shape index (κ1) is 16.2. The largest absolute Gasteiger partial charge is 0.380 e. The normalized spacial score (nSPS) is 10.2. The zero-order valence-corrected chi connectivity index (χ0v) is 11.4. The molecule has 0 saturated heterocycles. The lowest BCUT2D eigenvalue weighted by atomic mass is 10.1. The molecule has 1 N–H and O–H groups in total.